The van der Waals surface area contributed by atoms with Gasteiger partial charge in [0.05, 0.1) is 52.0 Å². The van der Waals surface area contributed by atoms with Gasteiger partial charge in [-0.05, 0) is 0 Å². The first-order valence-electron chi connectivity index (χ1n) is 6.84. The van der Waals surface area contributed by atoms with Gasteiger partial charge in [0.15, 0.2) is 0 Å². The number of rotatable bonds is 13. The molecule has 0 aromatic rings. The molecule has 0 bridgehead atoms. The van der Waals surface area contributed by atoms with E-state index in [0.717, 1.165) is 11.4 Å². The molecule has 0 saturated heterocycles. The van der Waals surface area contributed by atoms with Gasteiger partial charge in [-0.3, -0.25) is 14.5 Å². The minimum atomic E-state index is -1.51. The third-order valence-corrected chi connectivity index (χ3v) is 1.99. The minimum Gasteiger partial charge on any atom is -0.549 e. The summed E-state index contributed by atoms with van der Waals surface area (Å²) in [6, 6.07) is 0. The SMILES string of the molecule is NCCOCCOCC[NH3+].O=C([O-])CN(CC(=O)O)CC(=O)O.[Mn]. The molecular formula is C12H25MnN3O8. The number of nitrogens with zero attached hydrogens (tertiary/aromatic N) is 1. The van der Waals surface area contributed by atoms with Crippen LogP contribution in [0, 0.1) is 0 Å². The maximum absolute atomic E-state index is 10.1. The summed E-state index contributed by atoms with van der Waals surface area (Å²) in [5.41, 5.74) is 8.83. The van der Waals surface area contributed by atoms with Crippen LogP contribution in [0.25, 0.3) is 0 Å². The maximum atomic E-state index is 10.1. The second kappa shape index (κ2) is 19.8. The zero-order valence-electron chi connectivity index (χ0n) is 13.3. The van der Waals surface area contributed by atoms with Crippen molar-refractivity contribution in [2.75, 3.05) is 59.2 Å². The monoisotopic (exact) mass is 394 g/mol. The Kier molecular flexibility index (Phi) is 22.7. The fraction of sp³-hybridized carbons (Fsp3) is 0.750. The number of aliphatic carboxylic acids is 3. The molecule has 12 heteroatoms. The molecule has 0 spiro atoms. The molecular weight excluding hydrogens is 369 g/mol. The van der Waals surface area contributed by atoms with E-state index in [0.29, 0.717) is 33.0 Å². The quantitative estimate of drug-likeness (QED) is 0.175. The van der Waals surface area contributed by atoms with Crippen molar-refractivity contribution in [2.45, 2.75) is 0 Å². The second-order valence-corrected chi connectivity index (χ2v) is 4.17. The van der Waals surface area contributed by atoms with Crippen molar-refractivity contribution in [3.8, 4) is 0 Å². The molecule has 1 radical (unpaired) electrons. The van der Waals surface area contributed by atoms with Crippen LogP contribution >= 0.6 is 0 Å². The molecule has 0 fully saturated rings. The fourth-order valence-electron chi connectivity index (χ4n) is 1.24. The Balaban J connectivity index is -0.000000364. The number of ether oxygens (including phenoxy) is 2. The van der Waals surface area contributed by atoms with E-state index in [9.17, 15) is 19.5 Å². The van der Waals surface area contributed by atoms with Crippen LogP contribution < -0.4 is 16.6 Å². The summed E-state index contributed by atoms with van der Waals surface area (Å²) in [6.45, 7) is 2.03. The van der Waals surface area contributed by atoms with Crippen molar-refractivity contribution in [2.24, 2.45) is 5.73 Å². The van der Waals surface area contributed by atoms with E-state index >= 15 is 0 Å². The summed E-state index contributed by atoms with van der Waals surface area (Å²) in [4.78, 5) is 31.0. The fourth-order valence-corrected chi connectivity index (χ4v) is 1.24. The first-order chi connectivity index (χ1) is 10.8. The Morgan fingerprint density at radius 3 is 1.75 bits per heavy atom. The van der Waals surface area contributed by atoms with E-state index < -0.39 is 37.5 Å². The van der Waals surface area contributed by atoms with Crippen LogP contribution in [0.2, 0.25) is 0 Å². The number of hydrogen-bond acceptors (Lipinski definition) is 8. The second-order valence-electron chi connectivity index (χ2n) is 4.17. The summed E-state index contributed by atoms with van der Waals surface area (Å²) >= 11 is 0. The van der Waals surface area contributed by atoms with Crippen molar-refractivity contribution < 1.29 is 62.0 Å². The Morgan fingerprint density at radius 2 is 1.42 bits per heavy atom. The van der Waals surface area contributed by atoms with Gasteiger partial charge in [0.25, 0.3) is 0 Å². The number of nitrogens with two attached hydrogens (primary N) is 1. The van der Waals surface area contributed by atoms with Gasteiger partial charge in [-0.25, -0.2) is 0 Å². The molecule has 11 nitrogen and oxygen atoms in total. The summed E-state index contributed by atoms with van der Waals surface area (Å²) in [5, 5.41) is 26.6. The first kappa shape index (κ1) is 27.6. The van der Waals surface area contributed by atoms with Crippen molar-refractivity contribution in [1.29, 1.82) is 0 Å². The minimum absolute atomic E-state index is 0. The normalized spacial score (nSPS) is 9.62. The Bertz CT molecular complexity index is 300. The number of carboxylic acids is 3. The molecule has 0 aromatic heterocycles. The van der Waals surface area contributed by atoms with Crippen LogP contribution in [0.5, 0.6) is 0 Å². The van der Waals surface area contributed by atoms with Crippen molar-refractivity contribution in [3.05, 3.63) is 0 Å². The summed E-state index contributed by atoms with van der Waals surface area (Å²) in [5.74, 6) is -4.09. The van der Waals surface area contributed by atoms with Crippen LogP contribution in [-0.2, 0) is 40.9 Å². The van der Waals surface area contributed by atoms with Gasteiger partial charge in [-0.1, -0.05) is 0 Å². The molecule has 0 heterocycles. The van der Waals surface area contributed by atoms with Crippen LogP contribution in [-0.4, -0.2) is 92.2 Å². The van der Waals surface area contributed by atoms with E-state index in [-0.39, 0.29) is 17.1 Å². The molecule has 7 N–H and O–H groups in total. The van der Waals surface area contributed by atoms with Gasteiger partial charge in [0.2, 0.25) is 0 Å². The van der Waals surface area contributed by atoms with Gasteiger partial charge in [-0.15, -0.1) is 0 Å². The molecule has 24 heavy (non-hydrogen) atoms. The molecule has 0 aliphatic rings. The molecule has 0 atom stereocenters. The third-order valence-electron chi connectivity index (χ3n) is 1.99. The number of carbonyl (C=O) groups is 3. The van der Waals surface area contributed by atoms with Gasteiger partial charge in [-0.2, -0.15) is 0 Å². The smallest absolute Gasteiger partial charge is 0.317 e. The van der Waals surface area contributed by atoms with E-state index in [1.165, 1.54) is 0 Å². The third kappa shape index (κ3) is 25.7. The van der Waals surface area contributed by atoms with Gasteiger partial charge >= 0.3 is 11.9 Å². The molecule has 0 saturated carbocycles. The van der Waals surface area contributed by atoms with Crippen molar-refractivity contribution in [3.63, 3.8) is 0 Å². The molecule has 143 valence electrons. The van der Waals surface area contributed by atoms with Gasteiger partial charge in [0, 0.05) is 30.2 Å². The zero-order valence-corrected chi connectivity index (χ0v) is 14.5. The van der Waals surface area contributed by atoms with Crippen molar-refractivity contribution >= 4 is 17.9 Å². The topological polar surface area (TPSA) is 190 Å². The molecule has 0 aliphatic carbocycles. The van der Waals surface area contributed by atoms with Crippen LogP contribution in [0.3, 0.4) is 0 Å². The van der Waals surface area contributed by atoms with Crippen LogP contribution in [0.15, 0.2) is 0 Å². The van der Waals surface area contributed by atoms with Gasteiger partial charge < -0.3 is 41.1 Å². The molecule has 0 aliphatic heterocycles. The van der Waals surface area contributed by atoms with Crippen LogP contribution in [0.1, 0.15) is 0 Å². The van der Waals surface area contributed by atoms with E-state index in [4.69, 9.17) is 25.4 Å². The average molecular weight is 394 g/mol. The average Bonchev–Trinajstić information content (AvgIpc) is 2.41. The Hall–Kier alpha value is -1.27. The Morgan fingerprint density at radius 1 is 0.958 bits per heavy atom. The maximum Gasteiger partial charge on any atom is 0.317 e. The molecule has 0 unspecified atom stereocenters. The molecule has 0 amide bonds. The number of carbonyl (C=O) groups excluding carboxylic acids is 1. The van der Waals surface area contributed by atoms with E-state index in [1.54, 1.807) is 0 Å². The molecule has 0 rings (SSSR count). The molecule has 0 aromatic carbocycles. The van der Waals surface area contributed by atoms with E-state index in [1.807, 2.05) is 0 Å². The first-order valence-corrected chi connectivity index (χ1v) is 6.84. The summed E-state index contributed by atoms with van der Waals surface area (Å²) in [6.07, 6.45) is 0. The number of carboxylic acid groups (broad SMARTS) is 3. The standard InChI is InChI=1S/C6H16N2O2.C6H9NO6.Mn/c7-1-3-9-5-6-10-4-2-8;8-4(9)1-7(2-5(10)11)3-6(12)13;/h1-8H2;1-3H2,(H,8,9)(H,10,11)(H,12,13);. The Labute approximate surface area is 150 Å². The number of quaternary nitrogens is 1. The zero-order chi connectivity index (χ0) is 18.1. The summed E-state index contributed by atoms with van der Waals surface area (Å²) < 4.78 is 10.2. The predicted octanol–water partition coefficient (Wildman–Crippen LogP) is -4.57. The van der Waals surface area contributed by atoms with E-state index in [2.05, 4.69) is 5.73 Å². The van der Waals surface area contributed by atoms with Crippen LogP contribution in [0.4, 0.5) is 0 Å². The number of hydrogen-bond donors (Lipinski definition) is 4. The largest absolute Gasteiger partial charge is 0.549 e. The van der Waals surface area contributed by atoms with Crippen molar-refractivity contribution in [1.82, 2.24) is 4.90 Å². The predicted molar refractivity (Wildman–Crippen MR) is 75.2 cm³/mol. The summed E-state index contributed by atoms with van der Waals surface area (Å²) in [7, 11) is 0. The van der Waals surface area contributed by atoms with Gasteiger partial charge in [0.1, 0.15) is 0 Å².